The van der Waals surface area contributed by atoms with E-state index in [0.717, 1.165) is 17.0 Å². The van der Waals surface area contributed by atoms with Crippen molar-refractivity contribution in [3.8, 4) is 0 Å². The van der Waals surface area contributed by atoms with Crippen molar-refractivity contribution in [2.75, 3.05) is 19.3 Å². The summed E-state index contributed by atoms with van der Waals surface area (Å²) in [7, 11) is -1.75. The highest BCUT2D eigenvalue weighted by atomic mass is 31.2. The monoisotopic (exact) mass is 188 g/mol. The van der Waals surface area contributed by atoms with E-state index >= 15 is 0 Å². The Hall–Kier alpha value is 0.190. The van der Waals surface area contributed by atoms with Crippen molar-refractivity contribution >= 4 is 7.29 Å². The molecule has 0 bridgehead atoms. The first-order valence-electron chi connectivity index (χ1n) is 5.17. The Bertz CT molecular complexity index is 241. The zero-order valence-corrected chi connectivity index (χ0v) is 9.02. The molecule has 12 heavy (non-hydrogen) atoms. The molecule has 0 spiro atoms. The van der Waals surface area contributed by atoms with Gasteiger partial charge in [-0.25, -0.2) is 0 Å². The van der Waals surface area contributed by atoms with Gasteiger partial charge in [0.25, 0.3) is 0 Å². The van der Waals surface area contributed by atoms with Gasteiger partial charge in [-0.05, 0) is 19.8 Å². The summed E-state index contributed by atoms with van der Waals surface area (Å²) in [5.41, 5.74) is 0. The number of quaternary nitrogens is 1. The summed E-state index contributed by atoms with van der Waals surface area (Å²) in [6.45, 7) is 6.62. The minimum absolute atomic E-state index is 0.584. The molecule has 0 aromatic carbocycles. The van der Waals surface area contributed by atoms with E-state index < -0.39 is 7.29 Å². The highest BCUT2D eigenvalue weighted by molar-refractivity contribution is 7.64. The van der Waals surface area contributed by atoms with Gasteiger partial charge in [0.05, 0.1) is 19.3 Å². The summed E-state index contributed by atoms with van der Waals surface area (Å²) in [4.78, 5) is 0. The average molecular weight is 188 g/mol. The van der Waals surface area contributed by atoms with E-state index in [1.807, 2.05) is 0 Å². The lowest BCUT2D eigenvalue weighted by Crippen LogP contribution is -2.32. The Labute approximate surface area is 75.0 Å². The fraction of sp³-hybridized carbons (Fsp3) is 1.00. The van der Waals surface area contributed by atoms with Gasteiger partial charge in [-0.3, -0.25) is 8.82 Å². The molecule has 0 radical (unpaired) electrons. The van der Waals surface area contributed by atoms with Crippen LogP contribution in [0.25, 0.3) is 0 Å². The lowest BCUT2D eigenvalue weighted by Gasteiger charge is -2.21. The molecule has 2 saturated heterocycles. The van der Waals surface area contributed by atoms with Gasteiger partial charge in [0.2, 0.25) is 0 Å². The van der Waals surface area contributed by atoms with Gasteiger partial charge < -0.3 is 0 Å². The summed E-state index contributed by atoms with van der Waals surface area (Å²) < 4.78 is 13.4. The highest BCUT2D eigenvalue weighted by Gasteiger charge is 2.74. The average Bonchev–Trinajstić information content (AvgIpc) is 2.69. The predicted molar refractivity (Wildman–Crippen MR) is 51.5 cm³/mol. The van der Waals surface area contributed by atoms with E-state index in [0.29, 0.717) is 5.78 Å². The maximum absolute atomic E-state index is 12.4. The molecule has 3 unspecified atom stereocenters. The van der Waals surface area contributed by atoms with Crippen LogP contribution in [0.15, 0.2) is 0 Å². The van der Waals surface area contributed by atoms with Crippen LogP contribution in [0.1, 0.15) is 33.1 Å². The van der Waals surface area contributed by atoms with Gasteiger partial charge in [0, 0.05) is 6.42 Å². The molecular formula is C9H19NOP+. The number of piperidine rings is 1. The van der Waals surface area contributed by atoms with Crippen molar-refractivity contribution in [1.82, 2.24) is 0 Å². The molecule has 2 aliphatic rings. The fourth-order valence-corrected chi connectivity index (χ4v) is 7.54. The third-order valence-corrected chi connectivity index (χ3v) is 8.31. The number of rotatable bonds is 2. The largest absolute Gasteiger partial charge is 0.303 e. The summed E-state index contributed by atoms with van der Waals surface area (Å²) in [6, 6.07) is 0. The van der Waals surface area contributed by atoms with Gasteiger partial charge in [0.15, 0.2) is 5.78 Å². The fourth-order valence-electron chi connectivity index (χ4n) is 3.14. The summed E-state index contributed by atoms with van der Waals surface area (Å²) in [5, 5.41) is 0. The van der Waals surface area contributed by atoms with Crippen LogP contribution in [0, 0.1) is 0 Å². The molecule has 0 aromatic rings. The van der Waals surface area contributed by atoms with Crippen LogP contribution in [0.4, 0.5) is 0 Å². The van der Waals surface area contributed by atoms with Crippen LogP contribution in [0.2, 0.25) is 0 Å². The van der Waals surface area contributed by atoms with Crippen molar-refractivity contribution < 1.29 is 8.82 Å². The molecule has 0 aromatic heterocycles. The summed E-state index contributed by atoms with van der Waals surface area (Å²) in [5.74, 6) is 0.584. The molecule has 2 aliphatic heterocycles. The Morgan fingerprint density at radius 2 is 2.17 bits per heavy atom. The van der Waals surface area contributed by atoms with Gasteiger partial charge in [-0.1, -0.05) is 6.92 Å². The second-order valence-corrected chi connectivity index (χ2v) is 7.61. The number of hydrogen-bond acceptors (Lipinski definition) is 1. The SMILES string of the molecule is CC[N+]12CCCCC1P2(=O)CC. The second-order valence-electron chi connectivity index (χ2n) is 4.08. The maximum atomic E-state index is 12.4. The number of fused-ring (bicyclic) bond motifs is 1. The maximum Gasteiger partial charge on any atom is 0.303 e. The van der Waals surface area contributed by atoms with Crippen LogP contribution in [0.5, 0.6) is 0 Å². The zero-order chi connectivity index (χ0) is 8.82. The van der Waals surface area contributed by atoms with Gasteiger partial charge in [-0.15, -0.1) is 0 Å². The van der Waals surface area contributed by atoms with E-state index in [2.05, 4.69) is 13.8 Å². The molecule has 2 nitrogen and oxygen atoms in total. The van der Waals surface area contributed by atoms with Crippen LogP contribution < -0.4 is 0 Å². The lowest BCUT2D eigenvalue weighted by atomic mass is 10.1. The lowest BCUT2D eigenvalue weighted by molar-refractivity contribution is -0.759. The number of hydrogen-bond donors (Lipinski definition) is 0. The van der Waals surface area contributed by atoms with Crippen LogP contribution in [0.3, 0.4) is 0 Å². The quantitative estimate of drug-likeness (QED) is 0.481. The van der Waals surface area contributed by atoms with E-state index in [1.54, 1.807) is 0 Å². The molecule has 3 heteroatoms. The smallest absolute Gasteiger partial charge is 0.267 e. The van der Waals surface area contributed by atoms with Crippen molar-refractivity contribution in [3.63, 3.8) is 0 Å². The van der Waals surface area contributed by atoms with E-state index in [4.69, 9.17) is 0 Å². The molecule has 0 N–H and O–H groups in total. The first-order valence-corrected chi connectivity index (χ1v) is 7.08. The molecule has 0 amide bonds. The topological polar surface area (TPSA) is 17.1 Å². The van der Waals surface area contributed by atoms with Gasteiger partial charge in [-0.2, -0.15) is 0 Å². The molecular weight excluding hydrogens is 169 g/mol. The van der Waals surface area contributed by atoms with E-state index in [9.17, 15) is 4.57 Å². The van der Waals surface area contributed by atoms with Crippen molar-refractivity contribution in [3.05, 3.63) is 0 Å². The Morgan fingerprint density at radius 1 is 1.42 bits per heavy atom. The normalized spacial score (nSPS) is 51.7. The Kier molecular flexibility index (Phi) is 1.89. The van der Waals surface area contributed by atoms with Gasteiger partial charge in [0.1, 0.15) is 0 Å². The standard InChI is InChI=1S/C9H19NOP/c1-3-10-8-6-5-7-9(10)12(10,11)4-2/h9H,3-8H2,1-2H3/q+1. The second kappa shape index (κ2) is 2.59. The van der Waals surface area contributed by atoms with Crippen LogP contribution in [-0.2, 0) is 4.57 Å². The molecule has 2 rings (SSSR count). The van der Waals surface area contributed by atoms with Crippen LogP contribution >= 0.6 is 7.29 Å². The van der Waals surface area contributed by atoms with Crippen molar-refractivity contribution in [1.29, 1.82) is 0 Å². The highest BCUT2D eigenvalue weighted by Crippen LogP contribution is 2.81. The minimum Gasteiger partial charge on any atom is -0.267 e. The molecule has 2 fully saturated rings. The molecule has 70 valence electrons. The molecule has 0 aliphatic carbocycles. The van der Waals surface area contributed by atoms with Gasteiger partial charge >= 0.3 is 7.29 Å². The van der Waals surface area contributed by atoms with Crippen LogP contribution in [-0.4, -0.2) is 29.3 Å². The summed E-state index contributed by atoms with van der Waals surface area (Å²) in [6.07, 6.45) is 4.79. The summed E-state index contributed by atoms with van der Waals surface area (Å²) >= 11 is 0. The third-order valence-electron chi connectivity index (χ3n) is 3.90. The van der Waals surface area contributed by atoms with E-state index in [1.165, 1.54) is 25.8 Å². The predicted octanol–water partition coefficient (Wildman–Crippen LogP) is 2.64. The Morgan fingerprint density at radius 3 is 2.67 bits per heavy atom. The first-order chi connectivity index (χ1) is 5.71. The van der Waals surface area contributed by atoms with Crippen molar-refractivity contribution in [2.45, 2.75) is 38.9 Å². The molecule has 2 heterocycles. The number of nitrogens with zero attached hydrogens (tertiary/aromatic N) is 1. The van der Waals surface area contributed by atoms with Crippen molar-refractivity contribution in [2.24, 2.45) is 0 Å². The minimum atomic E-state index is -1.75. The molecule has 3 atom stereocenters. The zero-order valence-electron chi connectivity index (χ0n) is 8.12. The Balaban J connectivity index is 2.26. The third kappa shape index (κ3) is 0.781. The van der Waals surface area contributed by atoms with E-state index in [-0.39, 0.29) is 0 Å². The molecule has 0 saturated carbocycles. The first kappa shape index (κ1) is 8.77.